The summed E-state index contributed by atoms with van der Waals surface area (Å²) >= 11 is 0. The minimum Gasteiger partial charge on any atom is -0.396 e. The minimum atomic E-state index is 0.127. The molecule has 0 aliphatic heterocycles. The second kappa shape index (κ2) is 4.18. The molecule has 0 saturated heterocycles. The van der Waals surface area contributed by atoms with Gasteiger partial charge in [-0.3, -0.25) is 9.20 Å². The van der Waals surface area contributed by atoms with Gasteiger partial charge in [-0.2, -0.15) is 0 Å². The van der Waals surface area contributed by atoms with E-state index >= 15 is 0 Å². The SMILES string of the molecule is O=Cc1cccn2c(CCCO)nnc12. The Morgan fingerprint density at radius 1 is 1.47 bits per heavy atom. The summed E-state index contributed by atoms with van der Waals surface area (Å²) in [6.07, 6.45) is 3.88. The summed E-state index contributed by atoms with van der Waals surface area (Å²) in [7, 11) is 0. The van der Waals surface area contributed by atoms with Crippen molar-refractivity contribution in [2.75, 3.05) is 6.61 Å². The van der Waals surface area contributed by atoms with Crippen molar-refractivity contribution in [3.63, 3.8) is 0 Å². The Morgan fingerprint density at radius 3 is 3.07 bits per heavy atom. The van der Waals surface area contributed by atoms with Crippen LogP contribution in [0.25, 0.3) is 5.65 Å². The fourth-order valence-electron chi connectivity index (χ4n) is 1.48. The average Bonchev–Trinajstić information content (AvgIpc) is 2.69. The summed E-state index contributed by atoms with van der Waals surface area (Å²) in [4.78, 5) is 10.7. The van der Waals surface area contributed by atoms with E-state index < -0.39 is 0 Å². The molecule has 0 atom stereocenters. The summed E-state index contributed by atoms with van der Waals surface area (Å²) in [5.41, 5.74) is 1.10. The van der Waals surface area contributed by atoms with Gasteiger partial charge in [-0.05, 0) is 18.6 Å². The van der Waals surface area contributed by atoms with Gasteiger partial charge in [0.15, 0.2) is 11.9 Å². The number of carbonyl (C=O) groups is 1. The van der Waals surface area contributed by atoms with Gasteiger partial charge in [0.1, 0.15) is 5.82 Å². The lowest BCUT2D eigenvalue weighted by Crippen LogP contribution is -1.97. The fraction of sp³-hybridized carbons (Fsp3) is 0.300. The van der Waals surface area contributed by atoms with E-state index in [0.29, 0.717) is 24.1 Å². The second-order valence-corrected chi connectivity index (χ2v) is 3.22. The molecule has 15 heavy (non-hydrogen) atoms. The number of aryl methyl sites for hydroxylation is 1. The van der Waals surface area contributed by atoms with Gasteiger partial charge < -0.3 is 5.11 Å². The van der Waals surface area contributed by atoms with Crippen LogP contribution in [0.15, 0.2) is 18.3 Å². The van der Waals surface area contributed by atoms with Gasteiger partial charge in [0, 0.05) is 19.2 Å². The lowest BCUT2D eigenvalue weighted by Gasteiger charge is -1.98. The van der Waals surface area contributed by atoms with Crippen LogP contribution >= 0.6 is 0 Å². The molecule has 0 aliphatic carbocycles. The zero-order valence-electron chi connectivity index (χ0n) is 8.13. The predicted octanol–water partition coefficient (Wildman–Crippen LogP) is 0.467. The topological polar surface area (TPSA) is 67.5 Å². The second-order valence-electron chi connectivity index (χ2n) is 3.22. The van der Waals surface area contributed by atoms with E-state index in [0.717, 1.165) is 12.1 Å². The normalized spacial score (nSPS) is 10.7. The highest BCUT2D eigenvalue weighted by Crippen LogP contribution is 2.09. The van der Waals surface area contributed by atoms with Crippen LogP contribution in [0.2, 0.25) is 0 Å². The van der Waals surface area contributed by atoms with Gasteiger partial charge in [0.2, 0.25) is 0 Å². The van der Waals surface area contributed by atoms with Crippen LogP contribution in [0.4, 0.5) is 0 Å². The van der Waals surface area contributed by atoms with Crippen LogP contribution in [-0.2, 0) is 6.42 Å². The lowest BCUT2D eigenvalue weighted by atomic mass is 10.3. The molecule has 2 aromatic heterocycles. The van der Waals surface area contributed by atoms with Crippen LogP contribution in [0.3, 0.4) is 0 Å². The highest BCUT2D eigenvalue weighted by atomic mass is 16.2. The van der Waals surface area contributed by atoms with Gasteiger partial charge in [0.25, 0.3) is 0 Å². The molecule has 0 unspecified atom stereocenters. The Labute approximate surface area is 86.4 Å². The number of fused-ring (bicyclic) bond motifs is 1. The number of hydrogen-bond acceptors (Lipinski definition) is 4. The van der Waals surface area contributed by atoms with Crippen molar-refractivity contribution in [3.05, 3.63) is 29.7 Å². The highest BCUT2D eigenvalue weighted by Gasteiger charge is 2.07. The van der Waals surface area contributed by atoms with E-state index in [4.69, 9.17) is 5.11 Å². The third-order valence-electron chi connectivity index (χ3n) is 2.22. The number of aliphatic hydroxyl groups excluding tert-OH is 1. The number of aliphatic hydroxyl groups is 1. The first kappa shape index (κ1) is 9.79. The highest BCUT2D eigenvalue weighted by molar-refractivity contribution is 5.83. The Morgan fingerprint density at radius 2 is 2.33 bits per heavy atom. The average molecular weight is 205 g/mol. The first-order valence-electron chi connectivity index (χ1n) is 4.75. The third-order valence-corrected chi connectivity index (χ3v) is 2.22. The molecule has 0 aliphatic rings. The summed E-state index contributed by atoms with van der Waals surface area (Å²) in [6.45, 7) is 0.127. The molecule has 78 valence electrons. The van der Waals surface area contributed by atoms with E-state index in [1.165, 1.54) is 0 Å². The van der Waals surface area contributed by atoms with Crippen molar-refractivity contribution in [3.8, 4) is 0 Å². The zero-order valence-corrected chi connectivity index (χ0v) is 8.13. The molecule has 1 N–H and O–H groups in total. The Balaban J connectivity index is 2.46. The molecule has 0 saturated carbocycles. The Hall–Kier alpha value is -1.75. The summed E-state index contributed by atoms with van der Waals surface area (Å²) < 4.78 is 1.78. The number of nitrogens with zero attached hydrogens (tertiary/aromatic N) is 3. The molecule has 0 bridgehead atoms. The van der Waals surface area contributed by atoms with Gasteiger partial charge in [-0.15, -0.1) is 10.2 Å². The van der Waals surface area contributed by atoms with Crippen LogP contribution in [0.5, 0.6) is 0 Å². The van der Waals surface area contributed by atoms with Crippen molar-refractivity contribution >= 4 is 11.9 Å². The molecule has 0 amide bonds. The van der Waals surface area contributed by atoms with Crippen molar-refractivity contribution in [1.29, 1.82) is 0 Å². The maximum Gasteiger partial charge on any atom is 0.171 e. The van der Waals surface area contributed by atoms with Crippen LogP contribution < -0.4 is 0 Å². The fourth-order valence-corrected chi connectivity index (χ4v) is 1.48. The number of aromatic nitrogens is 3. The Kier molecular flexibility index (Phi) is 2.73. The third kappa shape index (κ3) is 1.73. The molecule has 0 aromatic carbocycles. The summed E-state index contributed by atoms with van der Waals surface area (Å²) in [6, 6.07) is 3.48. The predicted molar refractivity (Wildman–Crippen MR) is 53.8 cm³/mol. The standard InChI is InChI=1S/C10H11N3O2/c14-6-2-4-9-11-12-10-8(7-15)3-1-5-13(9)10/h1,3,5,7,14H,2,4,6H2. The van der Waals surface area contributed by atoms with E-state index in [9.17, 15) is 4.79 Å². The minimum absolute atomic E-state index is 0.127. The maximum atomic E-state index is 10.7. The number of aldehydes is 1. The van der Waals surface area contributed by atoms with Crippen LogP contribution in [-0.4, -0.2) is 32.6 Å². The molecule has 2 rings (SSSR count). The Bertz CT molecular complexity index is 478. The monoisotopic (exact) mass is 205 g/mol. The maximum absolute atomic E-state index is 10.7. The molecule has 2 aromatic rings. The van der Waals surface area contributed by atoms with E-state index in [2.05, 4.69) is 10.2 Å². The van der Waals surface area contributed by atoms with E-state index in [1.54, 1.807) is 16.5 Å². The van der Waals surface area contributed by atoms with Crippen molar-refractivity contribution in [1.82, 2.24) is 14.6 Å². The van der Waals surface area contributed by atoms with E-state index in [-0.39, 0.29) is 6.61 Å². The largest absolute Gasteiger partial charge is 0.396 e. The smallest absolute Gasteiger partial charge is 0.171 e. The lowest BCUT2D eigenvalue weighted by molar-refractivity contribution is 0.112. The zero-order chi connectivity index (χ0) is 10.7. The van der Waals surface area contributed by atoms with Crippen molar-refractivity contribution in [2.45, 2.75) is 12.8 Å². The van der Waals surface area contributed by atoms with Crippen LogP contribution in [0.1, 0.15) is 22.6 Å². The van der Waals surface area contributed by atoms with Gasteiger partial charge in [0.05, 0.1) is 5.56 Å². The van der Waals surface area contributed by atoms with Gasteiger partial charge in [-0.1, -0.05) is 0 Å². The molecule has 0 fully saturated rings. The van der Waals surface area contributed by atoms with E-state index in [1.807, 2.05) is 6.20 Å². The van der Waals surface area contributed by atoms with Crippen LogP contribution in [0, 0.1) is 0 Å². The quantitative estimate of drug-likeness (QED) is 0.736. The first-order valence-corrected chi connectivity index (χ1v) is 4.75. The molecule has 0 radical (unpaired) electrons. The molecule has 5 nitrogen and oxygen atoms in total. The molecular formula is C10H11N3O2. The molecule has 2 heterocycles. The number of rotatable bonds is 4. The van der Waals surface area contributed by atoms with Gasteiger partial charge in [-0.25, -0.2) is 0 Å². The molecular weight excluding hydrogens is 194 g/mol. The van der Waals surface area contributed by atoms with Crippen molar-refractivity contribution in [2.24, 2.45) is 0 Å². The molecule has 5 heteroatoms. The van der Waals surface area contributed by atoms with Crippen molar-refractivity contribution < 1.29 is 9.90 Å². The number of carbonyl (C=O) groups excluding carboxylic acids is 1. The number of pyridine rings is 1. The van der Waals surface area contributed by atoms with Gasteiger partial charge >= 0.3 is 0 Å². The summed E-state index contributed by atoms with van der Waals surface area (Å²) in [5.74, 6) is 0.766. The first-order chi connectivity index (χ1) is 7.36. The number of hydrogen-bond donors (Lipinski definition) is 1. The summed E-state index contributed by atoms with van der Waals surface area (Å²) in [5, 5.41) is 16.7. The molecule has 0 spiro atoms.